The minimum absolute atomic E-state index is 0.0990. The second-order valence-electron chi connectivity index (χ2n) is 7.69. The van der Waals surface area contributed by atoms with Gasteiger partial charge in [-0.25, -0.2) is 0 Å². The quantitative estimate of drug-likeness (QED) is 0.900. The molecule has 2 aliphatic rings. The molecule has 1 aliphatic carbocycles. The van der Waals surface area contributed by atoms with E-state index in [9.17, 15) is 9.59 Å². The molecule has 0 bridgehead atoms. The highest BCUT2D eigenvalue weighted by Gasteiger charge is 2.41. The predicted molar refractivity (Wildman–Crippen MR) is 109 cm³/mol. The molecule has 1 N–H and O–H groups in total. The Bertz CT molecular complexity index is 933. The molecular formula is C22H25N3O2. The minimum Gasteiger partial charge on any atom is -0.355 e. The van der Waals surface area contributed by atoms with Gasteiger partial charge in [0, 0.05) is 24.3 Å². The third-order valence-corrected chi connectivity index (χ3v) is 5.55. The lowest BCUT2D eigenvalue weighted by Crippen LogP contribution is -2.51. The van der Waals surface area contributed by atoms with Crippen LogP contribution in [-0.2, 0) is 4.79 Å². The Morgan fingerprint density at radius 1 is 1.07 bits per heavy atom. The molecule has 1 heterocycles. The van der Waals surface area contributed by atoms with E-state index in [0.29, 0.717) is 11.6 Å². The molecule has 1 aliphatic heterocycles. The Labute approximate surface area is 160 Å². The molecule has 2 aromatic rings. The van der Waals surface area contributed by atoms with Gasteiger partial charge in [0.1, 0.15) is 6.04 Å². The molecule has 140 valence electrons. The number of likely N-dealkylation sites (N-methyl/N-ethyl adjacent to an activating group) is 1. The zero-order chi connectivity index (χ0) is 19.3. The van der Waals surface area contributed by atoms with Crippen molar-refractivity contribution >= 4 is 28.9 Å². The Hall–Kier alpha value is -2.82. The van der Waals surface area contributed by atoms with Gasteiger partial charge in [-0.3, -0.25) is 9.59 Å². The van der Waals surface area contributed by atoms with Crippen molar-refractivity contribution in [2.75, 3.05) is 22.2 Å². The predicted octanol–water partition coefficient (Wildman–Crippen LogP) is 3.89. The van der Waals surface area contributed by atoms with Crippen LogP contribution in [0.1, 0.15) is 41.3 Å². The maximum Gasteiger partial charge on any atom is 0.255 e. The zero-order valence-electron chi connectivity index (χ0n) is 16.2. The molecule has 5 nitrogen and oxygen atoms in total. The van der Waals surface area contributed by atoms with Crippen molar-refractivity contribution in [2.24, 2.45) is 0 Å². The Balaban J connectivity index is 1.67. The van der Waals surface area contributed by atoms with Crippen LogP contribution in [0.25, 0.3) is 0 Å². The first-order chi connectivity index (χ1) is 12.9. The highest BCUT2D eigenvalue weighted by atomic mass is 16.2. The van der Waals surface area contributed by atoms with Crippen LogP contribution in [0.4, 0.5) is 17.1 Å². The smallest absolute Gasteiger partial charge is 0.255 e. The van der Waals surface area contributed by atoms with E-state index in [-0.39, 0.29) is 17.9 Å². The van der Waals surface area contributed by atoms with E-state index in [0.717, 1.165) is 35.5 Å². The van der Waals surface area contributed by atoms with Crippen molar-refractivity contribution in [3.05, 3.63) is 53.1 Å². The maximum absolute atomic E-state index is 12.8. The molecule has 2 amide bonds. The molecule has 0 radical (unpaired) electrons. The maximum atomic E-state index is 12.8. The number of aryl methyl sites for hydroxylation is 2. The van der Waals surface area contributed by atoms with Gasteiger partial charge in [0.2, 0.25) is 5.91 Å². The standard InChI is InChI=1S/C22H25N3O2/c1-13-5-9-18(14(2)11-13)23-21(26)16-6-10-19-20(12-16)25(17-7-8-17)15(3)22(27)24(19)4/h5-6,9-12,15,17H,7-8H2,1-4H3,(H,23,26). The van der Waals surface area contributed by atoms with Crippen LogP contribution in [0.3, 0.4) is 0 Å². The second kappa shape index (κ2) is 6.41. The van der Waals surface area contributed by atoms with Crippen LogP contribution in [0, 0.1) is 13.8 Å². The van der Waals surface area contributed by atoms with E-state index in [4.69, 9.17) is 0 Å². The first-order valence-corrected chi connectivity index (χ1v) is 9.45. The number of benzene rings is 2. The van der Waals surface area contributed by atoms with Gasteiger partial charge in [0.05, 0.1) is 11.4 Å². The lowest BCUT2D eigenvalue weighted by atomic mass is 10.0. The number of amides is 2. The largest absolute Gasteiger partial charge is 0.355 e. The van der Waals surface area contributed by atoms with Crippen LogP contribution < -0.4 is 15.1 Å². The number of carbonyl (C=O) groups is 2. The number of rotatable bonds is 3. The van der Waals surface area contributed by atoms with E-state index in [1.165, 1.54) is 5.56 Å². The van der Waals surface area contributed by atoms with Gasteiger partial charge in [0.25, 0.3) is 5.91 Å². The number of hydrogen-bond donors (Lipinski definition) is 1. The van der Waals surface area contributed by atoms with E-state index in [1.807, 2.05) is 45.0 Å². The van der Waals surface area contributed by atoms with Gasteiger partial charge in [-0.1, -0.05) is 17.7 Å². The van der Waals surface area contributed by atoms with Crippen LogP contribution in [0.5, 0.6) is 0 Å². The third-order valence-electron chi connectivity index (χ3n) is 5.55. The lowest BCUT2D eigenvalue weighted by molar-refractivity contribution is -0.119. The second-order valence-corrected chi connectivity index (χ2v) is 7.69. The molecule has 27 heavy (non-hydrogen) atoms. The molecule has 0 spiro atoms. The number of carbonyl (C=O) groups excluding carboxylic acids is 2. The molecule has 1 fully saturated rings. The highest BCUT2D eigenvalue weighted by molar-refractivity contribution is 6.09. The van der Waals surface area contributed by atoms with Crippen molar-refractivity contribution < 1.29 is 9.59 Å². The summed E-state index contributed by atoms with van der Waals surface area (Å²) in [5, 5.41) is 3.01. The summed E-state index contributed by atoms with van der Waals surface area (Å²) in [5.41, 5.74) is 5.48. The monoisotopic (exact) mass is 363 g/mol. The van der Waals surface area contributed by atoms with Gasteiger partial charge in [0.15, 0.2) is 0 Å². The van der Waals surface area contributed by atoms with Crippen molar-refractivity contribution in [3.8, 4) is 0 Å². The molecule has 1 atom stereocenters. The number of fused-ring (bicyclic) bond motifs is 1. The number of nitrogens with one attached hydrogen (secondary N) is 1. The molecule has 4 rings (SSSR count). The third kappa shape index (κ3) is 3.07. The molecule has 2 aromatic carbocycles. The average Bonchev–Trinajstić information content (AvgIpc) is 3.47. The molecule has 1 unspecified atom stereocenters. The summed E-state index contributed by atoms with van der Waals surface area (Å²) >= 11 is 0. The summed E-state index contributed by atoms with van der Waals surface area (Å²) in [5.74, 6) is -0.0328. The van der Waals surface area contributed by atoms with Crippen molar-refractivity contribution in [2.45, 2.75) is 45.7 Å². The minimum atomic E-state index is -0.201. The zero-order valence-corrected chi connectivity index (χ0v) is 16.2. The summed E-state index contributed by atoms with van der Waals surface area (Å²) in [6.07, 6.45) is 2.19. The van der Waals surface area contributed by atoms with Crippen molar-refractivity contribution in [1.29, 1.82) is 0 Å². The Kier molecular flexibility index (Phi) is 4.17. The summed E-state index contributed by atoms with van der Waals surface area (Å²) in [7, 11) is 1.80. The first-order valence-electron chi connectivity index (χ1n) is 9.45. The summed E-state index contributed by atoms with van der Waals surface area (Å²) in [6, 6.07) is 11.8. The average molecular weight is 363 g/mol. The number of hydrogen-bond acceptors (Lipinski definition) is 3. The summed E-state index contributed by atoms with van der Waals surface area (Å²) < 4.78 is 0. The Morgan fingerprint density at radius 2 is 1.81 bits per heavy atom. The van der Waals surface area contributed by atoms with Crippen LogP contribution in [0.2, 0.25) is 0 Å². The SMILES string of the molecule is Cc1ccc(NC(=O)c2ccc3c(c2)N(C2CC2)C(C)C(=O)N3C)c(C)c1. The molecule has 0 saturated heterocycles. The Morgan fingerprint density at radius 3 is 2.48 bits per heavy atom. The first kappa shape index (κ1) is 17.6. The topological polar surface area (TPSA) is 52.7 Å². The van der Waals surface area contributed by atoms with Gasteiger partial charge >= 0.3 is 0 Å². The van der Waals surface area contributed by atoms with E-state index >= 15 is 0 Å². The lowest BCUT2D eigenvalue weighted by Gasteiger charge is -2.40. The molecule has 0 aromatic heterocycles. The molecule has 1 saturated carbocycles. The fourth-order valence-electron chi connectivity index (χ4n) is 3.90. The fourth-order valence-corrected chi connectivity index (χ4v) is 3.90. The summed E-state index contributed by atoms with van der Waals surface area (Å²) in [4.78, 5) is 29.3. The highest BCUT2D eigenvalue weighted by Crippen LogP contribution is 2.42. The van der Waals surface area contributed by atoms with Crippen LogP contribution in [-0.4, -0.2) is 30.9 Å². The molecular weight excluding hydrogens is 338 g/mol. The number of nitrogens with zero attached hydrogens (tertiary/aromatic N) is 2. The fraction of sp³-hybridized carbons (Fsp3) is 0.364. The number of anilines is 3. The van der Waals surface area contributed by atoms with Gasteiger partial charge in [-0.05, 0) is 63.4 Å². The van der Waals surface area contributed by atoms with E-state index in [1.54, 1.807) is 18.0 Å². The van der Waals surface area contributed by atoms with E-state index in [2.05, 4.69) is 16.3 Å². The van der Waals surface area contributed by atoms with Gasteiger partial charge in [-0.15, -0.1) is 0 Å². The molecule has 5 heteroatoms. The van der Waals surface area contributed by atoms with Gasteiger partial charge < -0.3 is 15.1 Å². The summed E-state index contributed by atoms with van der Waals surface area (Å²) in [6.45, 7) is 5.97. The normalized spacial score (nSPS) is 19.1. The van der Waals surface area contributed by atoms with Gasteiger partial charge in [-0.2, -0.15) is 0 Å². The van der Waals surface area contributed by atoms with Crippen LogP contribution >= 0.6 is 0 Å². The van der Waals surface area contributed by atoms with Crippen LogP contribution in [0.15, 0.2) is 36.4 Å². The van der Waals surface area contributed by atoms with E-state index < -0.39 is 0 Å². The van der Waals surface area contributed by atoms with Crippen molar-refractivity contribution in [1.82, 2.24) is 0 Å². The van der Waals surface area contributed by atoms with Crippen molar-refractivity contribution in [3.63, 3.8) is 0 Å².